The summed E-state index contributed by atoms with van der Waals surface area (Å²) in [5.41, 5.74) is 2.73. The van der Waals surface area contributed by atoms with Crippen molar-refractivity contribution in [2.75, 3.05) is 13.1 Å². The van der Waals surface area contributed by atoms with E-state index in [-0.39, 0.29) is 6.10 Å². The van der Waals surface area contributed by atoms with E-state index in [0.717, 1.165) is 13.1 Å². The van der Waals surface area contributed by atoms with Crippen molar-refractivity contribution < 1.29 is 4.74 Å². The molecule has 1 fully saturated rings. The Labute approximate surface area is 104 Å². The summed E-state index contributed by atoms with van der Waals surface area (Å²) < 4.78 is 5.93. The van der Waals surface area contributed by atoms with Gasteiger partial charge in [0.25, 0.3) is 0 Å². The number of morpholine rings is 1. The summed E-state index contributed by atoms with van der Waals surface area (Å²) in [7, 11) is 0. The van der Waals surface area contributed by atoms with Gasteiger partial charge in [0.05, 0.1) is 12.2 Å². The van der Waals surface area contributed by atoms with Crippen molar-refractivity contribution in [1.29, 1.82) is 0 Å². The van der Waals surface area contributed by atoms with Crippen LogP contribution in [-0.2, 0) is 11.2 Å². The van der Waals surface area contributed by atoms with E-state index in [0.29, 0.717) is 6.10 Å². The summed E-state index contributed by atoms with van der Waals surface area (Å²) in [6, 6.07) is 8.92. The maximum atomic E-state index is 5.93. The van der Waals surface area contributed by atoms with Crippen molar-refractivity contribution >= 4 is 0 Å². The molecule has 2 heteroatoms. The van der Waals surface area contributed by atoms with Crippen LogP contribution < -0.4 is 5.32 Å². The number of ether oxygens (including phenoxy) is 1. The van der Waals surface area contributed by atoms with Crippen LogP contribution in [-0.4, -0.2) is 19.2 Å². The lowest BCUT2D eigenvalue weighted by Gasteiger charge is -2.29. The van der Waals surface area contributed by atoms with E-state index in [4.69, 9.17) is 4.74 Å². The molecule has 1 heterocycles. The molecule has 2 nitrogen and oxygen atoms in total. The molecular formula is C15H23NO. The fourth-order valence-corrected chi connectivity index (χ4v) is 2.27. The number of hydrogen-bond acceptors (Lipinski definition) is 2. The summed E-state index contributed by atoms with van der Waals surface area (Å²) >= 11 is 0. The molecule has 0 amide bonds. The van der Waals surface area contributed by atoms with E-state index in [1.54, 1.807) is 0 Å². The van der Waals surface area contributed by atoms with Crippen LogP contribution in [0.5, 0.6) is 0 Å². The quantitative estimate of drug-likeness (QED) is 0.863. The molecule has 1 aliphatic rings. The minimum absolute atomic E-state index is 0.221. The van der Waals surface area contributed by atoms with Crippen molar-refractivity contribution in [2.45, 2.75) is 45.3 Å². The zero-order valence-electron chi connectivity index (χ0n) is 10.9. The monoisotopic (exact) mass is 233 g/mol. The highest BCUT2D eigenvalue weighted by molar-refractivity contribution is 5.25. The Morgan fingerprint density at radius 2 is 2.00 bits per heavy atom. The van der Waals surface area contributed by atoms with Gasteiger partial charge in [-0.25, -0.2) is 0 Å². The minimum Gasteiger partial charge on any atom is -0.368 e. The zero-order chi connectivity index (χ0) is 12.1. The molecule has 0 spiro atoms. The number of hydrogen-bond donors (Lipinski definition) is 1. The SMILES string of the molecule is CCCCc1ccc(C2CNCC(C)O2)cc1. The fraction of sp³-hybridized carbons (Fsp3) is 0.600. The van der Waals surface area contributed by atoms with Crippen molar-refractivity contribution in [1.82, 2.24) is 5.32 Å². The van der Waals surface area contributed by atoms with Gasteiger partial charge in [-0.3, -0.25) is 0 Å². The molecule has 1 aliphatic heterocycles. The standard InChI is InChI=1S/C15H23NO/c1-3-4-5-13-6-8-14(9-7-13)15-11-16-10-12(2)17-15/h6-9,12,15-16H,3-5,10-11H2,1-2H3. The van der Waals surface area contributed by atoms with Crippen molar-refractivity contribution in [3.8, 4) is 0 Å². The molecule has 0 bridgehead atoms. The Bertz CT molecular complexity index is 333. The highest BCUT2D eigenvalue weighted by atomic mass is 16.5. The van der Waals surface area contributed by atoms with E-state index < -0.39 is 0 Å². The second kappa shape index (κ2) is 6.18. The number of aryl methyl sites for hydroxylation is 1. The summed E-state index contributed by atoms with van der Waals surface area (Å²) in [5.74, 6) is 0. The Hall–Kier alpha value is -0.860. The first kappa shape index (κ1) is 12.6. The summed E-state index contributed by atoms with van der Waals surface area (Å²) in [6.45, 7) is 6.25. The molecule has 2 atom stereocenters. The van der Waals surface area contributed by atoms with Crippen molar-refractivity contribution in [2.24, 2.45) is 0 Å². The summed E-state index contributed by atoms with van der Waals surface area (Å²) in [5, 5.41) is 3.41. The lowest BCUT2D eigenvalue weighted by atomic mass is 10.0. The summed E-state index contributed by atoms with van der Waals surface area (Å²) in [6.07, 6.45) is 4.26. The predicted molar refractivity (Wildman–Crippen MR) is 71.2 cm³/mol. The van der Waals surface area contributed by atoms with Crippen molar-refractivity contribution in [3.05, 3.63) is 35.4 Å². The molecule has 1 saturated heterocycles. The van der Waals surface area contributed by atoms with Gasteiger partial charge < -0.3 is 10.1 Å². The van der Waals surface area contributed by atoms with Gasteiger partial charge in [0.15, 0.2) is 0 Å². The zero-order valence-corrected chi connectivity index (χ0v) is 10.9. The molecule has 0 aliphatic carbocycles. The molecular weight excluding hydrogens is 210 g/mol. The van der Waals surface area contributed by atoms with Crippen LogP contribution in [0.15, 0.2) is 24.3 Å². The maximum absolute atomic E-state index is 5.93. The maximum Gasteiger partial charge on any atom is 0.0953 e. The Balaban J connectivity index is 1.96. The Morgan fingerprint density at radius 1 is 1.24 bits per heavy atom. The van der Waals surface area contributed by atoms with Gasteiger partial charge in [0.2, 0.25) is 0 Å². The van der Waals surface area contributed by atoms with Crippen LogP contribution in [0.25, 0.3) is 0 Å². The largest absolute Gasteiger partial charge is 0.368 e. The fourth-order valence-electron chi connectivity index (χ4n) is 2.27. The van der Waals surface area contributed by atoms with Crippen LogP contribution in [0.3, 0.4) is 0 Å². The van der Waals surface area contributed by atoms with E-state index in [2.05, 4.69) is 43.4 Å². The Kier molecular flexibility index (Phi) is 4.57. The van der Waals surface area contributed by atoms with E-state index in [1.165, 1.54) is 30.4 Å². The second-order valence-corrected chi connectivity index (χ2v) is 4.94. The first-order chi connectivity index (χ1) is 8.29. The average Bonchev–Trinajstić information content (AvgIpc) is 2.37. The highest BCUT2D eigenvalue weighted by Gasteiger charge is 2.19. The predicted octanol–water partition coefficient (Wildman–Crippen LogP) is 3.08. The van der Waals surface area contributed by atoms with Crippen molar-refractivity contribution in [3.63, 3.8) is 0 Å². The molecule has 0 radical (unpaired) electrons. The van der Waals surface area contributed by atoms with Gasteiger partial charge in [0, 0.05) is 13.1 Å². The highest BCUT2D eigenvalue weighted by Crippen LogP contribution is 2.21. The third kappa shape index (κ3) is 3.55. The lowest BCUT2D eigenvalue weighted by molar-refractivity contribution is -0.0287. The van der Waals surface area contributed by atoms with Crippen LogP contribution in [0, 0.1) is 0 Å². The van der Waals surface area contributed by atoms with Gasteiger partial charge in [-0.1, -0.05) is 37.6 Å². The molecule has 0 aromatic heterocycles. The first-order valence-electron chi connectivity index (χ1n) is 6.74. The summed E-state index contributed by atoms with van der Waals surface area (Å²) in [4.78, 5) is 0. The molecule has 2 rings (SSSR count). The Morgan fingerprint density at radius 3 is 2.65 bits per heavy atom. The van der Waals surface area contributed by atoms with Crippen LogP contribution in [0.2, 0.25) is 0 Å². The van der Waals surface area contributed by atoms with E-state index in [9.17, 15) is 0 Å². The van der Waals surface area contributed by atoms with Crippen LogP contribution in [0.1, 0.15) is 43.9 Å². The third-order valence-corrected chi connectivity index (χ3v) is 3.33. The molecule has 17 heavy (non-hydrogen) atoms. The molecule has 1 aromatic carbocycles. The molecule has 1 aromatic rings. The number of rotatable bonds is 4. The van der Waals surface area contributed by atoms with Crippen LogP contribution >= 0.6 is 0 Å². The molecule has 1 N–H and O–H groups in total. The van der Waals surface area contributed by atoms with Gasteiger partial charge in [0.1, 0.15) is 0 Å². The topological polar surface area (TPSA) is 21.3 Å². The minimum atomic E-state index is 0.221. The molecule has 0 saturated carbocycles. The van der Waals surface area contributed by atoms with Gasteiger partial charge in [-0.2, -0.15) is 0 Å². The smallest absolute Gasteiger partial charge is 0.0953 e. The van der Waals surface area contributed by atoms with E-state index >= 15 is 0 Å². The van der Waals surface area contributed by atoms with Gasteiger partial charge in [-0.15, -0.1) is 0 Å². The van der Waals surface area contributed by atoms with Gasteiger partial charge in [-0.05, 0) is 30.9 Å². The number of benzene rings is 1. The normalized spacial score (nSPS) is 24.8. The third-order valence-electron chi connectivity index (χ3n) is 3.33. The molecule has 94 valence electrons. The second-order valence-electron chi connectivity index (χ2n) is 4.94. The van der Waals surface area contributed by atoms with Crippen LogP contribution in [0.4, 0.5) is 0 Å². The number of unbranched alkanes of at least 4 members (excludes halogenated alkanes) is 1. The van der Waals surface area contributed by atoms with E-state index in [1.807, 2.05) is 0 Å². The first-order valence-corrected chi connectivity index (χ1v) is 6.74. The average molecular weight is 233 g/mol. The molecule has 2 unspecified atom stereocenters. The lowest BCUT2D eigenvalue weighted by Crippen LogP contribution is -2.38. The number of nitrogens with one attached hydrogen (secondary N) is 1. The van der Waals surface area contributed by atoms with Gasteiger partial charge >= 0.3 is 0 Å².